The summed E-state index contributed by atoms with van der Waals surface area (Å²) < 4.78 is 0. The number of urea groups is 1. The third-order valence-corrected chi connectivity index (χ3v) is 2.05. The van der Waals surface area contributed by atoms with Crippen molar-refractivity contribution in [1.82, 2.24) is 10.2 Å². The second-order valence-electron chi connectivity index (χ2n) is 3.45. The Bertz CT molecular complexity index is 402. The summed E-state index contributed by atoms with van der Waals surface area (Å²) >= 11 is 0. The van der Waals surface area contributed by atoms with Crippen molar-refractivity contribution in [2.45, 2.75) is 0 Å². The van der Waals surface area contributed by atoms with E-state index in [0.717, 1.165) is 0 Å². The highest BCUT2D eigenvalue weighted by molar-refractivity contribution is 6.03. The molecule has 1 rings (SSSR count). The van der Waals surface area contributed by atoms with Crippen molar-refractivity contribution in [3.8, 4) is 0 Å². The molecule has 3 amide bonds. The van der Waals surface area contributed by atoms with Gasteiger partial charge >= 0.3 is 6.03 Å². The number of hydrogen-bond donors (Lipinski definition) is 2. The molecule has 0 saturated heterocycles. The van der Waals surface area contributed by atoms with Gasteiger partial charge in [-0.25, -0.2) is 4.79 Å². The molecule has 1 aromatic carbocycles. The van der Waals surface area contributed by atoms with Gasteiger partial charge in [0, 0.05) is 21.1 Å². The number of para-hydroxylation sites is 1. The quantitative estimate of drug-likeness (QED) is 0.786. The molecular weight excluding hydrogens is 206 g/mol. The Balaban J connectivity index is 2.95. The van der Waals surface area contributed by atoms with Crippen LogP contribution in [0.1, 0.15) is 10.4 Å². The zero-order chi connectivity index (χ0) is 12.1. The van der Waals surface area contributed by atoms with Gasteiger partial charge in [-0.15, -0.1) is 0 Å². The van der Waals surface area contributed by atoms with E-state index in [1.54, 1.807) is 45.4 Å². The number of benzene rings is 1. The molecule has 1 aromatic rings. The average molecular weight is 221 g/mol. The molecule has 0 atom stereocenters. The fourth-order valence-corrected chi connectivity index (χ4v) is 1.15. The van der Waals surface area contributed by atoms with Gasteiger partial charge in [0.25, 0.3) is 5.91 Å². The molecule has 5 nitrogen and oxygen atoms in total. The number of nitrogens with one attached hydrogen (secondary N) is 2. The lowest BCUT2D eigenvalue weighted by molar-refractivity contribution is 0.0964. The maximum Gasteiger partial charge on any atom is 0.321 e. The van der Waals surface area contributed by atoms with Gasteiger partial charge in [0.2, 0.25) is 0 Å². The number of hydrogen-bond acceptors (Lipinski definition) is 2. The van der Waals surface area contributed by atoms with Crippen LogP contribution in [0.3, 0.4) is 0 Å². The van der Waals surface area contributed by atoms with E-state index in [4.69, 9.17) is 0 Å². The predicted octanol–water partition coefficient (Wildman–Crippen LogP) is 1.14. The molecule has 0 saturated carbocycles. The minimum absolute atomic E-state index is 0.227. The standard InChI is InChI=1S/C11H15N3O2/c1-12-10(15)8-6-4-5-7-9(8)13-11(16)14(2)3/h4-7H,1-3H3,(H,12,15)(H,13,16). The van der Waals surface area contributed by atoms with Crippen molar-refractivity contribution in [3.63, 3.8) is 0 Å². The summed E-state index contributed by atoms with van der Waals surface area (Å²) in [4.78, 5) is 24.4. The van der Waals surface area contributed by atoms with Crippen LogP contribution in [0.4, 0.5) is 10.5 Å². The summed E-state index contributed by atoms with van der Waals surface area (Å²) in [5.74, 6) is -0.227. The molecular formula is C11H15N3O2. The summed E-state index contributed by atoms with van der Waals surface area (Å²) in [6, 6.07) is 6.58. The van der Waals surface area contributed by atoms with Gasteiger partial charge in [0.15, 0.2) is 0 Å². The Morgan fingerprint density at radius 2 is 1.81 bits per heavy atom. The zero-order valence-corrected chi connectivity index (χ0v) is 9.57. The number of carbonyl (C=O) groups is 2. The fourth-order valence-electron chi connectivity index (χ4n) is 1.15. The van der Waals surface area contributed by atoms with Gasteiger partial charge in [-0.05, 0) is 12.1 Å². The molecule has 0 unspecified atom stereocenters. The van der Waals surface area contributed by atoms with Crippen molar-refractivity contribution in [1.29, 1.82) is 0 Å². The topological polar surface area (TPSA) is 61.4 Å². The first-order chi connectivity index (χ1) is 7.56. The summed E-state index contributed by atoms with van der Waals surface area (Å²) in [7, 11) is 4.82. The van der Waals surface area contributed by atoms with E-state index in [1.807, 2.05) is 0 Å². The molecule has 0 aliphatic carbocycles. The van der Waals surface area contributed by atoms with Gasteiger partial charge in [0.05, 0.1) is 11.3 Å². The Morgan fingerprint density at radius 3 is 2.38 bits per heavy atom. The van der Waals surface area contributed by atoms with Crippen molar-refractivity contribution in [3.05, 3.63) is 29.8 Å². The largest absolute Gasteiger partial charge is 0.355 e. The third-order valence-electron chi connectivity index (χ3n) is 2.05. The van der Waals surface area contributed by atoms with E-state index in [-0.39, 0.29) is 11.9 Å². The maximum atomic E-state index is 11.5. The van der Waals surface area contributed by atoms with Crippen molar-refractivity contribution in [2.24, 2.45) is 0 Å². The lowest BCUT2D eigenvalue weighted by Crippen LogP contribution is -2.29. The Kier molecular flexibility index (Phi) is 3.88. The Morgan fingerprint density at radius 1 is 1.19 bits per heavy atom. The molecule has 16 heavy (non-hydrogen) atoms. The van der Waals surface area contributed by atoms with Crippen LogP contribution in [-0.4, -0.2) is 38.0 Å². The molecule has 0 aromatic heterocycles. The first-order valence-corrected chi connectivity index (χ1v) is 4.85. The van der Waals surface area contributed by atoms with Crippen LogP contribution in [0.15, 0.2) is 24.3 Å². The minimum atomic E-state index is -0.267. The average Bonchev–Trinajstić information content (AvgIpc) is 2.28. The molecule has 86 valence electrons. The van der Waals surface area contributed by atoms with E-state index in [0.29, 0.717) is 11.3 Å². The summed E-state index contributed by atoms with van der Waals surface area (Å²) in [6.07, 6.45) is 0. The van der Waals surface area contributed by atoms with Crippen molar-refractivity contribution >= 4 is 17.6 Å². The molecule has 0 spiro atoms. The number of nitrogens with zero attached hydrogens (tertiary/aromatic N) is 1. The van der Waals surface area contributed by atoms with Gasteiger partial charge in [-0.1, -0.05) is 12.1 Å². The van der Waals surface area contributed by atoms with Crippen LogP contribution in [0.2, 0.25) is 0 Å². The smallest absolute Gasteiger partial charge is 0.321 e. The molecule has 0 fully saturated rings. The highest BCUT2D eigenvalue weighted by atomic mass is 16.2. The summed E-state index contributed by atoms with van der Waals surface area (Å²) in [6.45, 7) is 0. The second kappa shape index (κ2) is 5.16. The van der Waals surface area contributed by atoms with E-state index in [9.17, 15) is 9.59 Å². The molecule has 0 heterocycles. The van der Waals surface area contributed by atoms with Gasteiger partial charge in [0.1, 0.15) is 0 Å². The van der Waals surface area contributed by atoms with E-state index >= 15 is 0 Å². The van der Waals surface area contributed by atoms with Gasteiger partial charge in [-0.3, -0.25) is 4.79 Å². The van der Waals surface area contributed by atoms with Gasteiger partial charge < -0.3 is 15.5 Å². The number of carbonyl (C=O) groups excluding carboxylic acids is 2. The van der Waals surface area contributed by atoms with E-state index in [1.165, 1.54) is 4.90 Å². The van der Waals surface area contributed by atoms with Gasteiger partial charge in [-0.2, -0.15) is 0 Å². The Hall–Kier alpha value is -2.04. The van der Waals surface area contributed by atoms with Crippen LogP contribution >= 0.6 is 0 Å². The summed E-state index contributed by atoms with van der Waals surface area (Å²) in [5.41, 5.74) is 0.945. The van der Waals surface area contributed by atoms with E-state index < -0.39 is 0 Å². The lowest BCUT2D eigenvalue weighted by Gasteiger charge is -2.14. The maximum absolute atomic E-state index is 11.5. The van der Waals surface area contributed by atoms with Crippen LogP contribution in [0.5, 0.6) is 0 Å². The SMILES string of the molecule is CNC(=O)c1ccccc1NC(=O)N(C)C. The molecule has 0 aliphatic rings. The molecule has 0 aliphatic heterocycles. The second-order valence-corrected chi connectivity index (χ2v) is 3.45. The monoisotopic (exact) mass is 221 g/mol. The molecule has 5 heteroatoms. The normalized spacial score (nSPS) is 9.44. The number of anilines is 1. The Labute approximate surface area is 94.4 Å². The van der Waals surface area contributed by atoms with E-state index in [2.05, 4.69) is 10.6 Å². The van der Waals surface area contributed by atoms with Crippen molar-refractivity contribution < 1.29 is 9.59 Å². The molecule has 2 N–H and O–H groups in total. The fraction of sp³-hybridized carbons (Fsp3) is 0.273. The third kappa shape index (κ3) is 2.73. The highest BCUT2D eigenvalue weighted by Crippen LogP contribution is 2.14. The first-order valence-electron chi connectivity index (χ1n) is 4.85. The predicted molar refractivity (Wildman–Crippen MR) is 62.5 cm³/mol. The highest BCUT2D eigenvalue weighted by Gasteiger charge is 2.11. The van der Waals surface area contributed by atoms with Crippen LogP contribution in [0, 0.1) is 0 Å². The lowest BCUT2D eigenvalue weighted by atomic mass is 10.1. The van der Waals surface area contributed by atoms with Crippen LogP contribution in [0.25, 0.3) is 0 Å². The number of rotatable bonds is 2. The molecule has 0 radical (unpaired) electrons. The summed E-state index contributed by atoms with van der Waals surface area (Å²) in [5, 5.41) is 5.17. The molecule has 0 bridgehead atoms. The first kappa shape index (κ1) is 12.0. The number of amides is 3. The van der Waals surface area contributed by atoms with Crippen molar-refractivity contribution in [2.75, 3.05) is 26.5 Å². The van der Waals surface area contributed by atoms with Crippen LogP contribution < -0.4 is 10.6 Å². The minimum Gasteiger partial charge on any atom is -0.355 e. The zero-order valence-electron chi connectivity index (χ0n) is 9.57. The van der Waals surface area contributed by atoms with Crippen LogP contribution in [-0.2, 0) is 0 Å².